The molecule has 0 saturated heterocycles. The van der Waals surface area contributed by atoms with Crippen LogP contribution in [0.15, 0.2) is 47.8 Å². The molecule has 1 amide bonds. The third kappa shape index (κ3) is 4.57. The molecule has 0 aliphatic heterocycles. The van der Waals surface area contributed by atoms with E-state index in [1.54, 1.807) is 6.07 Å². The van der Waals surface area contributed by atoms with Gasteiger partial charge in [-0.2, -0.15) is 5.10 Å². The molecule has 1 aromatic carbocycles. The lowest BCUT2D eigenvalue weighted by atomic mass is 10.1. The monoisotopic (exact) mass is 368 g/mol. The van der Waals surface area contributed by atoms with Gasteiger partial charge in [0.1, 0.15) is 18.4 Å². The standard InChI is InChI=1S/C18H20N6O3/c1-13-4-3-5-15(14(13)2)27-10-17(25)20-8-9-23-18(26)7-6-16(22-23)24-12-19-11-21-24/h3-7,11-12H,8-10H2,1-2H3,(H,20,25). The largest absolute Gasteiger partial charge is 0.483 e. The maximum absolute atomic E-state index is 12.0. The van der Waals surface area contributed by atoms with E-state index in [9.17, 15) is 9.59 Å². The van der Waals surface area contributed by atoms with E-state index in [4.69, 9.17) is 4.74 Å². The van der Waals surface area contributed by atoms with Gasteiger partial charge in [-0.15, -0.1) is 5.10 Å². The first-order chi connectivity index (χ1) is 13.0. The SMILES string of the molecule is Cc1cccc(OCC(=O)NCCn2nc(-n3cncn3)ccc2=O)c1C. The average Bonchev–Trinajstić information content (AvgIpc) is 3.19. The number of aromatic nitrogens is 5. The van der Waals surface area contributed by atoms with Crippen molar-refractivity contribution in [3.63, 3.8) is 0 Å². The van der Waals surface area contributed by atoms with Crippen LogP contribution in [0, 0.1) is 13.8 Å². The van der Waals surface area contributed by atoms with Crippen LogP contribution in [-0.4, -0.2) is 43.6 Å². The first-order valence-electron chi connectivity index (χ1n) is 8.43. The molecule has 2 aromatic heterocycles. The van der Waals surface area contributed by atoms with Crippen LogP contribution in [0.1, 0.15) is 11.1 Å². The van der Waals surface area contributed by atoms with Crippen LogP contribution >= 0.6 is 0 Å². The zero-order valence-corrected chi connectivity index (χ0v) is 15.1. The normalized spacial score (nSPS) is 10.6. The fourth-order valence-corrected chi connectivity index (χ4v) is 2.42. The molecule has 0 aliphatic carbocycles. The van der Waals surface area contributed by atoms with Gasteiger partial charge in [0.05, 0.1) is 6.54 Å². The zero-order chi connectivity index (χ0) is 19.2. The lowest BCUT2D eigenvalue weighted by molar-refractivity contribution is -0.123. The predicted molar refractivity (Wildman–Crippen MR) is 97.8 cm³/mol. The highest BCUT2D eigenvalue weighted by Crippen LogP contribution is 2.20. The van der Waals surface area contributed by atoms with Gasteiger partial charge in [0, 0.05) is 12.6 Å². The summed E-state index contributed by atoms with van der Waals surface area (Å²) in [6.45, 7) is 4.33. The summed E-state index contributed by atoms with van der Waals surface area (Å²) in [6.07, 6.45) is 2.87. The minimum atomic E-state index is -0.267. The highest BCUT2D eigenvalue weighted by Gasteiger charge is 2.07. The van der Waals surface area contributed by atoms with Crippen LogP contribution < -0.4 is 15.6 Å². The Morgan fingerprint density at radius 2 is 2.07 bits per heavy atom. The molecular formula is C18H20N6O3. The fraction of sp³-hybridized carbons (Fsp3) is 0.278. The number of nitrogens with zero attached hydrogens (tertiary/aromatic N) is 5. The Kier molecular flexibility index (Phi) is 5.60. The minimum absolute atomic E-state index is 0.0916. The summed E-state index contributed by atoms with van der Waals surface area (Å²) in [5.74, 6) is 0.886. The van der Waals surface area contributed by atoms with Crippen molar-refractivity contribution in [2.24, 2.45) is 0 Å². The maximum Gasteiger partial charge on any atom is 0.266 e. The number of hydrogen-bond acceptors (Lipinski definition) is 6. The second kappa shape index (κ2) is 8.26. The number of amides is 1. The molecular weight excluding hydrogens is 348 g/mol. The molecule has 3 aromatic rings. The summed E-state index contributed by atoms with van der Waals surface area (Å²) >= 11 is 0. The third-order valence-electron chi connectivity index (χ3n) is 4.07. The Morgan fingerprint density at radius 3 is 2.85 bits per heavy atom. The van der Waals surface area contributed by atoms with Gasteiger partial charge in [-0.05, 0) is 37.1 Å². The molecule has 0 spiro atoms. The van der Waals surface area contributed by atoms with Gasteiger partial charge in [0.25, 0.3) is 11.5 Å². The molecule has 9 nitrogen and oxygen atoms in total. The quantitative estimate of drug-likeness (QED) is 0.656. The van der Waals surface area contributed by atoms with Crippen LogP contribution in [0.5, 0.6) is 5.75 Å². The van der Waals surface area contributed by atoms with Crippen molar-refractivity contribution in [2.45, 2.75) is 20.4 Å². The van der Waals surface area contributed by atoms with Crippen LogP contribution in [0.3, 0.4) is 0 Å². The number of carbonyl (C=O) groups excluding carboxylic acids is 1. The van der Waals surface area contributed by atoms with E-state index in [1.165, 1.54) is 28.1 Å². The van der Waals surface area contributed by atoms with E-state index in [2.05, 4.69) is 20.5 Å². The van der Waals surface area contributed by atoms with Gasteiger partial charge >= 0.3 is 0 Å². The Morgan fingerprint density at radius 1 is 1.22 bits per heavy atom. The van der Waals surface area contributed by atoms with Gasteiger partial charge < -0.3 is 10.1 Å². The first kappa shape index (κ1) is 18.3. The van der Waals surface area contributed by atoms with E-state index >= 15 is 0 Å². The number of carbonyl (C=O) groups is 1. The van der Waals surface area contributed by atoms with E-state index < -0.39 is 0 Å². The van der Waals surface area contributed by atoms with Crippen molar-refractivity contribution in [3.05, 3.63) is 64.5 Å². The Bertz CT molecular complexity index is 981. The molecule has 0 unspecified atom stereocenters. The molecule has 1 N–H and O–H groups in total. The van der Waals surface area contributed by atoms with Crippen molar-refractivity contribution in [1.82, 2.24) is 29.9 Å². The molecule has 0 bridgehead atoms. The van der Waals surface area contributed by atoms with Crippen LogP contribution in [0.25, 0.3) is 5.82 Å². The van der Waals surface area contributed by atoms with Crippen molar-refractivity contribution in [3.8, 4) is 11.6 Å². The Hall–Kier alpha value is -3.49. The third-order valence-corrected chi connectivity index (χ3v) is 4.07. The molecule has 3 rings (SSSR count). The van der Waals surface area contributed by atoms with Crippen molar-refractivity contribution < 1.29 is 9.53 Å². The summed E-state index contributed by atoms with van der Waals surface area (Å²) in [5.41, 5.74) is 1.84. The second-order valence-corrected chi connectivity index (χ2v) is 5.93. The minimum Gasteiger partial charge on any atom is -0.483 e. The van der Waals surface area contributed by atoms with Gasteiger partial charge in [-0.3, -0.25) is 9.59 Å². The number of benzene rings is 1. The number of hydrogen-bond donors (Lipinski definition) is 1. The smallest absolute Gasteiger partial charge is 0.266 e. The van der Waals surface area contributed by atoms with E-state index in [0.29, 0.717) is 11.6 Å². The molecule has 27 heavy (non-hydrogen) atoms. The van der Waals surface area contributed by atoms with E-state index in [1.807, 2.05) is 32.0 Å². The number of aryl methyl sites for hydroxylation is 1. The van der Waals surface area contributed by atoms with E-state index in [-0.39, 0.29) is 31.2 Å². The molecule has 140 valence electrons. The number of nitrogens with one attached hydrogen (secondary N) is 1. The van der Waals surface area contributed by atoms with Crippen molar-refractivity contribution in [1.29, 1.82) is 0 Å². The summed E-state index contributed by atoms with van der Waals surface area (Å²) in [6, 6.07) is 8.66. The summed E-state index contributed by atoms with van der Waals surface area (Å²) in [5, 5.41) is 10.9. The van der Waals surface area contributed by atoms with Gasteiger partial charge in [0.15, 0.2) is 12.4 Å². The number of ether oxygens (including phenoxy) is 1. The van der Waals surface area contributed by atoms with Crippen LogP contribution in [-0.2, 0) is 11.3 Å². The van der Waals surface area contributed by atoms with E-state index in [0.717, 1.165) is 11.1 Å². The second-order valence-electron chi connectivity index (χ2n) is 5.93. The molecule has 0 radical (unpaired) electrons. The summed E-state index contributed by atoms with van der Waals surface area (Å²) in [7, 11) is 0. The van der Waals surface area contributed by atoms with Crippen molar-refractivity contribution in [2.75, 3.05) is 13.2 Å². The predicted octanol–water partition coefficient (Wildman–Crippen LogP) is 0.636. The molecule has 0 saturated carbocycles. The summed E-state index contributed by atoms with van der Waals surface area (Å²) < 4.78 is 8.28. The topological polar surface area (TPSA) is 104 Å². The zero-order valence-electron chi connectivity index (χ0n) is 15.1. The number of rotatable bonds is 7. The van der Waals surface area contributed by atoms with Crippen LogP contribution in [0.2, 0.25) is 0 Å². The van der Waals surface area contributed by atoms with Gasteiger partial charge in [-0.25, -0.2) is 14.3 Å². The fourth-order valence-electron chi connectivity index (χ4n) is 2.42. The highest BCUT2D eigenvalue weighted by molar-refractivity contribution is 5.77. The molecule has 0 aliphatic rings. The Labute approximate surface area is 155 Å². The van der Waals surface area contributed by atoms with Gasteiger partial charge in [-0.1, -0.05) is 12.1 Å². The lowest BCUT2D eigenvalue weighted by Gasteiger charge is -2.11. The lowest BCUT2D eigenvalue weighted by Crippen LogP contribution is -2.34. The van der Waals surface area contributed by atoms with Crippen LogP contribution in [0.4, 0.5) is 0 Å². The average molecular weight is 368 g/mol. The first-order valence-corrected chi connectivity index (χ1v) is 8.43. The molecule has 9 heteroatoms. The highest BCUT2D eigenvalue weighted by atomic mass is 16.5. The summed E-state index contributed by atoms with van der Waals surface area (Å²) in [4.78, 5) is 27.7. The molecule has 2 heterocycles. The van der Waals surface area contributed by atoms with Gasteiger partial charge in [0.2, 0.25) is 0 Å². The molecule has 0 atom stereocenters. The van der Waals surface area contributed by atoms with Crippen molar-refractivity contribution >= 4 is 5.91 Å². The Balaban J connectivity index is 1.52. The maximum atomic E-state index is 12.0. The molecule has 0 fully saturated rings.